The third kappa shape index (κ3) is 5.68. The fourth-order valence-electron chi connectivity index (χ4n) is 0.898. The molecule has 1 rings (SSSR count). The van der Waals surface area contributed by atoms with Gasteiger partial charge in [0.05, 0.1) is 0 Å². The van der Waals surface area contributed by atoms with Crippen molar-refractivity contribution in [1.82, 2.24) is 0 Å². The van der Waals surface area contributed by atoms with Crippen LogP contribution in [0.3, 0.4) is 0 Å². The molecule has 1 aromatic rings. The molecule has 0 N–H and O–H groups in total. The quantitative estimate of drug-likeness (QED) is 0.560. The van der Waals surface area contributed by atoms with Crippen molar-refractivity contribution >= 4 is 5.97 Å². The molecule has 0 spiro atoms. The molecule has 0 aliphatic heterocycles. The van der Waals surface area contributed by atoms with Gasteiger partial charge in [0, 0.05) is 6.08 Å². The molecule has 0 unspecified atom stereocenters. The Hall–Kier alpha value is -1.57. The van der Waals surface area contributed by atoms with Crippen LogP contribution < -0.4 is 0 Å². The molecular weight excluding hydrogens is 188 g/mol. The van der Waals surface area contributed by atoms with Gasteiger partial charge in [0.2, 0.25) is 0 Å². The van der Waals surface area contributed by atoms with Crippen LogP contribution in [-0.4, -0.2) is 5.97 Å². The smallest absolute Gasteiger partial charge is 0.330 e. The van der Waals surface area contributed by atoms with Gasteiger partial charge in [-0.3, -0.25) is 0 Å². The predicted molar refractivity (Wildman–Crippen MR) is 62.5 cm³/mol. The monoisotopic (exact) mass is 206 g/mol. The van der Waals surface area contributed by atoms with E-state index >= 15 is 0 Å². The van der Waals surface area contributed by atoms with Crippen LogP contribution in [0.2, 0.25) is 0 Å². The topological polar surface area (TPSA) is 26.3 Å². The van der Waals surface area contributed by atoms with Crippen LogP contribution in [-0.2, 0) is 16.1 Å². The average Bonchev–Trinajstić information content (AvgIpc) is 2.30. The predicted octanol–water partition coefficient (Wildman–Crippen LogP) is 3.25. The summed E-state index contributed by atoms with van der Waals surface area (Å²) in [5.41, 5.74) is 2.18. The first kappa shape index (κ1) is 13.4. The van der Waals surface area contributed by atoms with Gasteiger partial charge in [-0.1, -0.05) is 50.3 Å². The number of ether oxygens (including phenoxy) is 1. The maximum Gasteiger partial charge on any atom is 0.330 e. The normalized spacial score (nSPS) is 8.47. The van der Waals surface area contributed by atoms with E-state index in [1.165, 1.54) is 5.56 Å². The molecule has 0 saturated heterocycles. The first-order valence-electron chi connectivity index (χ1n) is 5.07. The van der Waals surface area contributed by atoms with E-state index in [1.54, 1.807) is 0 Å². The maximum atomic E-state index is 10.7. The molecule has 0 heterocycles. The standard InChI is InChI=1S/C11H12O2.C2H6/c1-3-11(12)13-8-10-6-4-9(2)5-7-10;1-2/h3-7H,1,8H2,2H3;1-2H3. The van der Waals surface area contributed by atoms with E-state index in [0.717, 1.165) is 11.6 Å². The number of aryl methyl sites for hydroxylation is 1. The fraction of sp³-hybridized carbons (Fsp3) is 0.308. The summed E-state index contributed by atoms with van der Waals surface area (Å²) >= 11 is 0. The summed E-state index contributed by atoms with van der Waals surface area (Å²) < 4.78 is 4.86. The summed E-state index contributed by atoms with van der Waals surface area (Å²) in [4.78, 5) is 10.7. The molecule has 1 aromatic carbocycles. The molecule has 15 heavy (non-hydrogen) atoms. The van der Waals surface area contributed by atoms with Crippen LogP contribution in [0, 0.1) is 6.92 Å². The second kappa shape index (κ2) is 7.80. The van der Waals surface area contributed by atoms with E-state index in [-0.39, 0.29) is 5.97 Å². The summed E-state index contributed by atoms with van der Waals surface area (Å²) in [5.74, 6) is -0.388. The SMILES string of the molecule is C=CC(=O)OCc1ccc(C)cc1.CC. The molecule has 0 aliphatic carbocycles. The number of esters is 1. The highest BCUT2D eigenvalue weighted by Gasteiger charge is 1.96. The van der Waals surface area contributed by atoms with Crippen molar-refractivity contribution in [3.63, 3.8) is 0 Å². The van der Waals surface area contributed by atoms with E-state index in [2.05, 4.69) is 6.58 Å². The Bertz CT molecular complexity index is 299. The van der Waals surface area contributed by atoms with E-state index in [0.29, 0.717) is 6.61 Å². The Morgan fingerprint density at radius 1 is 1.33 bits per heavy atom. The Labute approximate surface area is 91.6 Å². The van der Waals surface area contributed by atoms with E-state index in [4.69, 9.17) is 4.74 Å². The van der Waals surface area contributed by atoms with Crippen molar-refractivity contribution in [3.8, 4) is 0 Å². The summed E-state index contributed by atoms with van der Waals surface area (Å²) in [6.45, 7) is 9.64. The fourth-order valence-corrected chi connectivity index (χ4v) is 0.898. The second-order valence-electron chi connectivity index (χ2n) is 2.80. The van der Waals surface area contributed by atoms with E-state index < -0.39 is 0 Å². The third-order valence-electron chi connectivity index (χ3n) is 1.67. The van der Waals surface area contributed by atoms with Crippen LogP contribution in [0.1, 0.15) is 25.0 Å². The average molecular weight is 206 g/mol. The van der Waals surface area contributed by atoms with E-state index in [9.17, 15) is 4.79 Å². The van der Waals surface area contributed by atoms with Gasteiger partial charge in [-0.05, 0) is 12.5 Å². The highest BCUT2D eigenvalue weighted by molar-refractivity contribution is 5.81. The van der Waals surface area contributed by atoms with Gasteiger partial charge >= 0.3 is 5.97 Å². The zero-order valence-electron chi connectivity index (χ0n) is 9.62. The highest BCUT2D eigenvalue weighted by atomic mass is 16.5. The minimum Gasteiger partial charge on any atom is -0.458 e. The molecular formula is C13H18O2. The lowest BCUT2D eigenvalue weighted by molar-refractivity contribution is -0.138. The Kier molecular flexibility index (Phi) is 6.98. The largest absolute Gasteiger partial charge is 0.458 e. The zero-order valence-corrected chi connectivity index (χ0v) is 9.62. The zero-order chi connectivity index (χ0) is 11.7. The minimum atomic E-state index is -0.388. The molecule has 0 fully saturated rings. The van der Waals surface area contributed by atoms with Crippen molar-refractivity contribution in [2.24, 2.45) is 0 Å². The first-order valence-corrected chi connectivity index (χ1v) is 5.07. The summed E-state index contributed by atoms with van der Waals surface area (Å²) in [6, 6.07) is 7.84. The highest BCUT2D eigenvalue weighted by Crippen LogP contribution is 2.04. The number of benzene rings is 1. The van der Waals surface area contributed by atoms with Crippen LogP contribution in [0.4, 0.5) is 0 Å². The number of hydrogen-bond acceptors (Lipinski definition) is 2. The van der Waals surface area contributed by atoms with Crippen molar-refractivity contribution < 1.29 is 9.53 Å². The van der Waals surface area contributed by atoms with Gasteiger partial charge < -0.3 is 4.74 Å². The minimum absolute atomic E-state index is 0.311. The molecule has 0 aliphatic rings. The molecule has 0 amide bonds. The molecule has 2 heteroatoms. The van der Waals surface area contributed by atoms with Crippen molar-refractivity contribution in [3.05, 3.63) is 48.0 Å². The van der Waals surface area contributed by atoms with Crippen LogP contribution in [0.25, 0.3) is 0 Å². The van der Waals surface area contributed by atoms with Gasteiger partial charge in [-0.25, -0.2) is 4.79 Å². The summed E-state index contributed by atoms with van der Waals surface area (Å²) in [5, 5.41) is 0. The lowest BCUT2D eigenvalue weighted by Crippen LogP contribution is -1.99. The van der Waals surface area contributed by atoms with E-state index in [1.807, 2.05) is 45.0 Å². The number of carbonyl (C=O) groups is 1. The molecule has 0 radical (unpaired) electrons. The van der Waals surface area contributed by atoms with Crippen LogP contribution in [0.15, 0.2) is 36.9 Å². The molecule has 2 nitrogen and oxygen atoms in total. The van der Waals surface area contributed by atoms with Crippen LogP contribution in [0.5, 0.6) is 0 Å². The lowest BCUT2D eigenvalue weighted by Gasteiger charge is -2.01. The number of carbonyl (C=O) groups excluding carboxylic acids is 1. The second-order valence-corrected chi connectivity index (χ2v) is 2.80. The van der Waals surface area contributed by atoms with Gasteiger partial charge in [0.15, 0.2) is 0 Å². The summed E-state index contributed by atoms with van der Waals surface area (Å²) in [7, 11) is 0. The van der Waals surface area contributed by atoms with Gasteiger partial charge in [0.1, 0.15) is 6.61 Å². The van der Waals surface area contributed by atoms with Crippen molar-refractivity contribution in [2.45, 2.75) is 27.4 Å². The van der Waals surface area contributed by atoms with Crippen molar-refractivity contribution in [2.75, 3.05) is 0 Å². The molecule has 0 aromatic heterocycles. The molecule has 0 atom stereocenters. The Morgan fingerprint density at radius 3 is 2.33 bits per heavy atom. The first-order chi connectivity index (χ1) is 7.22. The number of hydrogen-bond donors (Lipinski definition) is 0. The van der Waals surface area contributed by atoms with Gasteiger partial charge in [0.25, 0.3) is 0 Å². The number of rotatable bonds is 3. The molecule has 82 valence electrons. The Balaban J connectivity index is 0.000000921. The molecule has 0 bridgehead atoms. The lowest BCUT2D eigenvalue weighted by atomic mass is 10.2. The maximum absolute atomic E-state index is 10.7. The Morgan fingerprint density at radius 2 is 1.87 bits per heavy atom. The third-order valence-corrected chi connectivity index (χ3v) is 1.67. The van der Waals surface area contributed by atoms with Gasteiger partial charge in [-0.2, -0.15) is 0 Å². The molecule has 0 saturated carbocycles. The summed E-state index contributed by atoms with van der Waals surface area (Å²) in [6.07, 6.45) is 1.16. The van der Waals surface area contributed by atoms with Gasteiger partial charge in [-0.15, -0.1) is 0 Å². The van der Waals surface area contributed by atoms with Crippen LogP contribution >= 0.6 is 0 Å². The van der Waals surface area contributed by atoms with Crippen molar-refractivity contribution in [1.29, 1.82) is 0 Å².